The predicted molar refractivity (Wildman–Crippen MR) is 69.3 cm³/mol. The molecule has 3 heteroatoms. The summed E-state index contributed by atoms with van der Waals surface area (Å²) in [5, 5.41) is 3.07. The molecule has 0 fully saturated rings. The second-order valence-electron chi connectivity index (χ2n) is 3.76. The minimum absolute atomic E-state index is 0.759. The second kappa shape index (κ2) is 4.85. The molecule has 2 nitrogen and oxygen atoms in total. The Hall–Kier alpha value is -1.06. The van der Waals surface area contributed by atoms with Gasteiger partial charge in [-0.25, -0.2) is 0 Å². The van der Waals surface area contributed by atoms with Gasteiger partial charge in [0.25, 0.3) is 0 Å². The minimum atomic E-state index is 0.759. The third kappa shape index (κ3) is 2.36. The average molecular weight is 280 g/mol. The van der Waals surface area contributed by atoms with Crippen molar-refractivity contribution in [3.8, 4) is 11.3 Å². The van der Waals surface area contributed by atoms with Crippen LogP contribution in [0.15, 0.2) is 39.2 Å². The van der Waals surface area contributed by atoms with Crippen molar-refractivity contribution in [1.29, 1.82) is 0 Å². The van der Waals surface area contributed by atoms with E-state index >= 15 is 0 Å². The van der Waals surface area contributed by atoms with Gasteiger partial charge in [0.15, 0.2) is 0 Å². The number of benzene rings is 1. The van der Waals surface area contributed by atoms with Crippen LogP contribution in [-0.4, -0.2) is 7.05 Å². The van der Waals surface area contributed by atoms with Gasteiger partial charge in [0.05, 0.1) is 6.54 Å². The number of nitrogens with one attached hydrogen (secondary N) is 1. The van der Waals surface area contributed by atoms with Gasteiger partial charge in [-0.15, -0.1) is 0 Å². The van der Waals surface area contributed by atoms with Gasteiger partial charge in [-0.3, -0.25) is 0 Å². The van der Waals surface area contributed by atoms with Crippen molar-refractivity contribution in [3.63, 3.8) is 0 Å². The lowest BCUT2D eigenvalue weighted by Gasteiger charge is -2.01. The smallest absolute Gasteiger partial charge is 0.134 e. The van der Waals surface area contributed by atoms with Crippen LogP contribution in [0.2, 0.25) is 0 Å². The first-order valence-corrected chi connectivity index (χ1v) is 6.00. The topological polar surface area (TPSA) is 25.2 Å². The fourth-order valence-electron chi connectivity index (χ4n) is 1.60. The fourth-order valence-corrected chi connectivity index (χ4v) is 1.85. The average Bonchev–Trinajstić information content (AvgIpc) is 2.71. The molecule has 2 aromatic rings. The molecule has 16 heavy (non-hydrogen) atoms. The molecule has 0 saturated heterocycles. The van der Waals surface area contributed by atoms with Gasteiger partial charge in [0.1, 0.15) is 11.5 Å². The molecule has 0 aliphatic heterocycles. The SMILES string of the molecule is CNCc1ccc(-c2ccc(Br)c(C)c2)o1. The lowest BCUT2D eigenvalue weighted by molar-refractivity contribution is 0.507. The molecule has 0 amide bonds. The summed E-state index contributed by atoms with van der Waals surface area (Å²) >= 11 is 3.49. The van der Waals surface area contributed by atoms with Crippen LogP contribution in [0.3, 0.4) is 0 Å². The van der Waals surface area contributed by atoms with Crippen LogP contribution in [-0.2, 0) is 6.54 Å². The summed E-state index contributed by atoms with van der Waals surface area (Å²) in [4.78, 5) is 0. The standard InChI is InChI=1S/C13H14BrNO/c1-9-7-10(3-5-12(9)14)13-6-4-11(16-13)8-15-2/h3-7,15H,8H2,1-2H3. The van der Waals surface area contributed by atoms with Crippen molar-refractivity contribution < 1.29 is 4.42 Å². The summed E-state index contributed by atoms with van der Waals surface area (Å²) in [6, 6.07) is 10.2. The number of hydrogen-bond donors (Lipinski definition) is 1. The Morgan fingerprint density at radius 3 is 2.75 bits per heavy atom. The molecule has 2 rings (SSSR count). The Morgan fingerprint density at radius 2 is 2.06 bits per heavy atom. The van der Waals surface area contributed by atoms with Crippen LogP contribution in [0.1, 0.15) is 11.3 Å². The summed E-state index contributed by atoms with van der Waals surface area (Å²) in [5.74, 6) is 1.87. The number of rotatable bonds is 3. The van der Waals surface area contributed by atoms with Crippen LogP contribution in [0.4, 0.5) is 0 Å². The van der Waals surface area contributed by atoms with Gasteiger partial charge in [-0.05, 0) is 43.8 Å². The van der Waals surface area contributed by atoms with Gasteiger partial charge in [0, 0.05) is 10.0 Å². The molecule has 84 valence electrons. The third-order valence-electron chi connectivity index (χ3n) is 2.46. The first kappa shape index (κ1) is 11.4. The monoisotopic (exact) mass is 279 g/mol. The maximum absolute atomic E-state index is 5.73. The maximum Gasteiger partial charge on any atom is 0.134 e. The molecule has 1 heterocycles. The zero-order valence-corrected chi connectivity index (χ0v) is 11.0. The quantitative estimate of drug-likeness (QED) is 0.926. The highest BCUT2D eigenvalue weighted by Crippen LogP contribution is 2.26. The minimum Gasteiger partial charge on any atom is -0.460 e. The van der Waals surface area contributed by atoms with E-state index in [4.69, 9.17) is 4.42 Å². The zero-order valence-electron chi connectivity index (χ0n) is 9.38. The Kier molecular flexibility index (Phi) is 3.46. The molecule has 1 N–H and O–H groups in total. The molecule has 0 unspecified atom stereocenters. The number of aryl methyl sites for hydroxylation is 1. The highest BCUT2D eigenvalue weighted by molar-refractivity contribution is 9.10. The Labute approximate surface area is 104 Å². The molecule has 0 spiro atoms. The summed E-state index contributed by atoms with van der Waals surface area (Å²) in [6.07, 6.45) is 0. The first-order chi connectivity index (χ1) is 7.70. The highest BCUT2D eigenvalue weighted by atomic mass is 79.9. The molecular formula is C13H14BrNO. The van der Waals surface area contributed by atoms with Crippen LogP contribution in [0.25, 0.3) is 11.3 Å². The van der Waals surface area contributed by atoms with Gasteiger partial charge < -0.3 is 9.73 Å². The predicted octanol–water partition coefficient (Wildman–Crippen LogP) is 3.74. The van der Waals surface area contributed by atoms with E-state index in [0.29, 0.717) is 0 Å². The lowest BCUT2D eigenvalue weighted by Crippen LogP contribution is -2.03. The molecule has 0 bridgehead atoms. The Balaban J connectivity index is 2.31. The number of halogens is 1. The normalized spacial score (nSPS) is 10.7. The molecule has 1 aromatic carbocycles. The van der Waals surface area contributed by atoms with Crippen LogP contribution in [0, 0.1) is 6.92 Å². The summed E-state index contributed by atoms with van der Waals surface area (Å²) in [6.45, 7) is 2.83. The molecule has 0 saturated carbocycles. The van der Waals surface area contributed by atoms with Crippen LogP contribution >= 0.6 is 15.9 Å². The molecule has 0 aliphatic rings. The van der Waals surface area contributed by atoms with Gasteiger partial charge in [-0.1, -0.05) is 22.0 Å². The van der Waals surface area contributed by atoms with E-state index in [0.717, 1.165) is 28.1 Å². The van der Waals surface area contributed by atoms with E-state index in [1.807, 2.05) is 25.2 Å². The molecule has 0 aliphatic carbocycles. The lowest BCUT2D eigenvalue weighted by atomic mass is 10.1. The van der Waals surface area contributed by atoms with Crippen molar-refractivity contribution in [1.82, 2.24) is 5.32 Å². The van der Waals surface area contributed by atoms with Crippen molar-refractivity contribution in [2.75, 3.05) is 7.05 Å². The van der Waals surface area contributed by atoms with Gasteiger partial charge in [0.2, 0.25) is 0 Å². The van der Waals surface area contributed by atoms with Gasteiger partial charge in [-0.2, -0.15) is 0 Å². The van der Waals surface area contributed by atoms with Gasteiger partial charge >= 0.3 is 0 Å². The molecule has 0 atom stereocenters. The zero-order chi connectivity index (χ0) is 11.5. The third-order valence-corrected chi connectivity index (χ3v) is 3.34. The number of furan rings is 1. The van der Waals surface area contributed by atoms with E-state index in [2.05, 4.69) is 40.3 Å². The second-order valence-corrected chi connectivity index (χ2v) is 4.61. The maximum atomic E-state index is 5.73. The molecule has 1 aromatic heterocycles. The fraction of sp³-hybridized carbons (Fsp3) is 0.231. The van der Waals surface area contributed by atoms with E-state index < -0.39 is 0 Å². The van der Waals surface area contributed by atoms with Crippen molar-refractivity contribution in [3.05, 3.63) is 46.1 Å². The Morgan fingerprint density at radius 1 is 1.25 bits per heavy atom. The van der Waals surface area contributed by atoms with E-state index in [1.54, 1.807) is 0 Å². The van der Waals surface area contributed by atoms with Crippen LogP contribution < -0.4 is 5.32 Å². The number of hydrogen-bond acceptors (Lipinski definition) is 2. The van der Waals surface area contributed by atoms with E-state index in [-0.39, 0.29) is 0 Å². The summed E-state index contributed by atoms with van der Waals surface area (Å²) < 4.78 is 6.85. The first-order valence-electron chi connectivity index (χ1n) is 5.20. The summed E-state index contributed by atoms with van der Waals surface area (Å²) in [5.41, 5.74) is 2.33. The van der Waals surface area contributed by atoms with Crippen LogP contribution in [0.5, 0.6) is 0 Å². The van der Waals surface area contributed by atoms with E-state index in [1.165, 1.54) is 5.56 Å². The Bertz CT molecular complexity index is 490. The van der Waals surface area contributed by atoms with E-state index in [9.17, 15) is 0 Å². The molecule has 0 radical (unpaired) electrons. The molecular weight excluding hydrogens is 266 g/mol. The highest BCUT2D eigenvalue weighted by Gasteiger charge is 2.05. The van der Waals surface area contributed by atoms with Crippen molar-refractivity contribution in [2.24, 2.45) is 0 Å². The largest absolute Gasteiger partial charge is 0.460 e. The summed E-state index contributed by atoms with van der Waals surface area (Å²) in [7, 11) is 1.91. The van der Waals surface area contributed by atoms with Crippen molar-refractivity contribution in [2.45, 2.75) is 13.5 Å². The van der Waals surface area contributed by atoms with Crippen molar-refractivity contribution >= 4 is 15.9 Å².